The number of nitrogens with zero attached hydrogens (tertiary/aromatic N) is 1. The highest BCUT2D eigenvalue weighted by Crippen LogP contribution is 2.20. The fraction of sp³-hybridized carbons (Fsp3) is 0.214. The Morgan fingerprint density at radius 3 is 2.53 bits per heavy atom. The van der Waals surface area contributed by atoms with Crippen molar-refractivity contribution in [2.75, 3.05) is 13.7 Å². The second-order valence-electron chi connectivity index (χ2n) is 3.64. The summed E-state index contributed by atoms with van der Waals surface area (Å²) in [6.07, 6.45) is 1.23. The van der Waals surface area contributed by atoms with Crippen LogP contribution < -0.4 is 0 Å². The van der Waals surface area contributed by atoms with Crippen molar-refractivity contribution < 1.29 is 14.3 Å². The van der Waals surface area contributed by atoms with Crippen LogP contribution in [0.25, 0.3) is 10.9 Å². The number of methoxy groups -OCH3 is 1. The Bertz CT molecular complexity index is 621. The predicted molar refractivity (Wildman–Crippen MR) is 71.3 cm³/mol. The zero-order valence-corrected chi connectivity index (χ0v) is 10.8. The van der Waals surface area contributed by atoms with E-state index in [4.69, 9.17) is 5.26 Å². The van der Waals surface area contributed by atoms with E-state index in [0.717, 1.165) is 6.61 Å². The molecule has 0 fully saturated rings. The first-order valence-corrected chi connectivity index (χ1v) is 5.66. The third-order valence-electron chi connectivity index (χ3n) is 2.52. The van der Waals surface area contributed by atoms with Gasteiger partial charge in [0.2, 0.25) is 0 Å². The Morgan fingerprint density at radius 1 is 1.37 bits per heavy atom. The van der Waals surface area contributed by atoms with Gasteiger partial charge in [-0.15, -0.1) is 0 Å². The standard InChI is InChI=1S/C11H6N2O2.C3H8O/c12-4-7-1-2-8-9(5-14)11(6-15)13-10(8)3-7;1-3-4-2/h1-3,5-6,13H;3H2,1-2H3. The van der Waals surface area contributed by atoms with Crippen LogP contribution in [0.5, 0.6) is 0 Å². The maximum absolute atomic E-state index is 10.8. The molecule has 0 saturated heterocycles. The fourth-order valence-corrected chi connectivity index (χ4v) is 1.53. The number of fused-ring (bicyclic) bond motifs is 1. The number of aromatic amines is 1. The molecule has 0 saturated carbocycles. The number of hydrogen-bond acceptors (Lipinski definition) is 4. The summed E-state index contributed by atoms with van der Waals surface area (Å²) >= 11 is 0. The van der Waals surface area contributed by atoms with Crippen LogP contribution in [0.3, 0.4) is 0 Å². The van der Waals surface area contributed by atoms with Gasteiger partial charge in [-0.25, -0.2) is 0 Å². The predicted octanol–water partition coefficient (Wildman–Crippen LogP) is 2.32. The van der Waals surface area contributed by atoms with Crippen molar-refractivity contribution in [3.05, 3.63) is 35.0 Å². The number of H-pyrrole nitrogens is 1. The van der Waals surface area contributed by atoms with Gasteiger partial charge < -0.3 is 9.72 Å². The number of benzene rings is 1. The van der Waals surface area contributed by atoms with E-state index >= 15 is 0 Å². The number of hydrogen-bond donors (Lipinski definition) is 1. The van der Waals surface area contributed by atoms with Gasteiger partial charge in [-0.1, -0.05) is 6.07 Å². The summed E-state index contributed by atoms with van der Waals surface area (Å²) in [7, 11) is 1.68. The van der Waals surface area contributed by atoms with Crippen LogP contribution in [-0.2, 0) is 4.74 Å². The van der Waals surface area contributed by atoms with Gasteiger partial charge in [0.1, 0.15) is 0 Å². The number of ether oxygens (including phenoxy) is 1. The first-order chi connectivity index (χ1) is 9.21. The molecule has 1 heterocycles. The molecule has 1 aromatic heterocycles. The highest BCUT2D eigenvalue weighted by atomic mass is 16.5. The lowest BCUT2D eigenvalue weighted by Crippen LogP contribution is -1.85. The Kier molecular flexibility index (Phi) is 5.45. The lowest BCUT2D eigenvalue weighted by Gasteiger charge is -1.90. The minimum Gasteiger partial charge on any atom is -0.385 e. The number of nitrogens with one attached hydrogen (secondary N) is 1. The third-order valence-corrected chi connectivity index (χ3v) is 2.52. The molecule has 98 valence electrons. The highest BCUT2D eigenvalue weighted by Gasteiger charge is 2.09. The molecule has 5 heteroatoms. The maximum atomic E-state index is 10.8. The van der Waals surface area contributed by atoms with Gasteiger partial charge in [-0.2, -0.15) is 5.26 Å². The molecule has 0 unspecified atom stereocenters. The van der Waals surface area contributed by atoms with Gasteiger partial charge in [0.15, 0.2) is 12.6 Å². The minimum absolute atomic E-state index is 0.245. The second-order valence-corrected chi connectivity index (χ2v) is 3.64. The molecule has 0 bridgehead atoms. The molecule has 2 aromatic rings. The molecule has 0 aliphatic carbocycles. The summed E-state index contributed by atoms with van der Waals surface area (Å²) in [5.41, 5.74) is 1.69. The van der Waals surface area contributed by atoms with Crippen molar-refractivity contribution in [3.8, 4) is 6.07 Å². The second kappa shape index (κ2) is 7.09. The normalized spacial score (nSPS) is 9.32. The Morgan fingerprint density at radius 2 is 2.05 bits per heavy atom. The lowest BCUT2D eigenvalue weighted by atomic mass is 10.1. The van der Waals surface area contributed by atoms with E-state index in [1.165, 1.54) is 0 Å². The molecule has 19 heavy (non-hydrogen) atoms. The smallest absolute Gasteiger partial charge is 0.167 e. The largest absolute Gasteiger partial charge is 0.385 e. The summed E-state index contributed by atoms with van der Waals surface area (Å²) < 4.78 is 4.54. The van der Waals surface area contributed by atoms with Crippen molar-refractivity contribution in [3.63, 3.8) is 0 Å². The van der Waals surface area contributed by atoms with E-state index in [9.17, 15) is 9.59 Å². The topological polar surface area (TPSA) is 82.9 Å². The number of aldehydes is 2. The number of aromatic nitrogens is 1. The molecule has 5 nitrogen and oxygen atoms in total. The van der Waals surface area contributed by atoms with Crippen LogP contribution in [-0.4, -0.2) is 31.3 Å². The molecule has 0 amide bonds. The zero-order chi connectivity index (χ0) is 14.3. The summed E-state index contributed by atoms with van der Waals surface area (Å²) in [4.78, 5) is 24.2. The first-order valence-electron chi connectivity index (χ1n) is 5.66. The molecule has 1 N–H and O–H groups in total. The van der Waals surface area contributed by atoms with Gasteiger partial charge in [0.25, 0.3) is 0 Å². The maximum Gasteiger partial charge on any atom is 0.167 e. The molecule has 0 spiro atoms. The van der Waals surface area contributed by atoms with Crippen LogP contribution in [0, 0.1) is 11.3 Å². The SMILES string of the molecule is CCOC.N#Cc1ccc2c(C=O)c(C=O)[nH]c2c1. The van der Waals surface area contributed by atoms with Crippen LogP contribution >= 0.6 is 0 Å². The van der Waals surface area contributed by atoms with Gasteiger partial charge in [-0.3, -0.25) is 9.59 Å². The molecule has 1 aromatic carbocycles. The van der Waals surface area contributed by atoms with E-state index in [-0.39, 0.29) is 5.69 Å². The van der Waals surface area contributed by atoms with Gasteiger partial charge in [0.05, 0.1) is 22.9 Å². The fourth-order valence-electron chi connectivity index (χ4n) is 1.53. The Labute approximate surface area is 110 Å². The summed E-state index contributed by atoms with van der Waals surface area (Å²) in [5.74, 6) is 0. The third kappa shape index (κ3) is 3.27. The summed E-state index contributed by atoms with van der Waals surface area (Å²) in [5, 5.41) is 9.34. The summed E-state index contributed by atoms with van der Waals surface area (Å²) in [6.45, 7) is 2.78. The van der Waals surface area contributed by atoms with Crippen molar-refractivity contribution in [2.24, 2.45) is 0 Å². The van der Waals surface area contributed by atoms with E-state index in [1.807, 2.05) is 13.0 Å². The van der Waals surface area contributed by atoms with Crippen molar-refractivity contribution in [2.45, 2.75) is 6.92 Å². The van der Waals surface area contributed by atoms with E-state index in [2.05, 4.69) is 9.72 Å². The van der Waals surface area contributed by atoms with E-state index < -0.39 is 0 Å². The van der Waals surface area contributed by atoms with Crippen LogP contribution in [0.2, 0.25) is 0 Å². The van der Waals surface area contributed by atoms with E-state index in [1.54, 1.807) is 25.3 Å². The average molecular weight is 258 g/mol. The Hall–Kier alpha value is -2.45. The lowest BCUT2D eigenvalue weighted by molar-refractivity contribution is 0.109. The van der Waals surface area contributed by atoms with E-state index in [0.29, 0.717) is 34.6 Å². The number of rotatable bonds is 3. The van der Waals surface area contributed by atoms with Gasteiger partial charge in [-0.05, 0) is 19.1 Å². The molecule has 0 aliphatic heterocycles. The van der Waals surface area contributed by atoms with Crippen LogP contribution in [0.1, 0.15) is 33.3 Å². The number of carbonyl (C=O) groups is 2. The van der Waals surface area contributed by atoms with Crippen molar-refractivity contribution in [1.29, 1.82) is 5.26 Å². The molecular weight excluding hydrogens is 244 g/mol. The van der Waals surface area contributed by atoms with Crippen LogP contribution in [0.4, 0.5) is 0 Å². The molecule has 0 atom stereocenters. The highest BCUT2D eigenvalue weighted by molar-refractivity contribution is 6.04. The van der Waals surface area contributed by atoms with Gasteiger partial charge >= 0.3 is 0 Å². The summed E-state index contributed by atoms with van der Waals surface area (Å²) in [6, 6.07) is 6.86. The number of carbonyl (C=O) groups excluding carboxylic acids is 2. The zero-order valence-electron chi connectivity index (χ0n) is 10.8. The van der Waals surface area contributed by atoms with Crippen LogP contribution in [0.15, 0.2) is 18.2 Å². The average Bonchev–Trinajstić information content (AvgIpc) is 2.83. The first kappa shape index (κ1) is 14.6. The minimum atomic E-state index is 0.245. The monoisotopic (exact) mass is 258 g/mol. The quantitative estimate of drug-likeness (QED) is 0.856. The number of nitriles is 1. The molecular formula is C14H14N2O3. The Balaban J connectivity index is 0.000000399. The van der Waals surface area contributed by atoms with Gasteiger partial charge in [0, 0.05) is 24.6 Å². The molecule has 2 rings (SSSR count). The molecule has 0 radical (unpaired) electrons. The van der Waals surface area contributed by atoms with Crippen molar-refractivity contribution >= 4 is 23.5 Å². The van der Waals surface area contributed by atoms with Crippen molar-refractivity contribution in [1.82, 2.24) is 4.98 Å². The molecule has 0 aliphatic rings.